The van der Waals surface area contributed by atoms with Gasteiger partial charge in [-0.2, -0.15) is 8.42 Å². The lowest BCUT2D eigenvalue weighted by Crippen LogP contribution is -2.32. The zero-order valence-electron chi connectivity index (χ0n) is 13.1. The van der Waals surface area contributed by atoms with Gasteiger partial charge in [0.15, 0.2) is 0 Å². The van der Waals surface area contributed by atoms with Gasteiger partial charge >= 0.3 is 0 Å². The molecule has 0 aromatic heterocycles. The quantitative estimate of drug-likeness (QED) is 0.135. The fraction of sp³-hybridized carbons (Fsp3) is 0.833. The van der Waals surface area contributed by atoms with Crippen molar-refractivity contribution in [2.75, 3.05) is 13.2 Å². The molecule has 0 saturated carbocycles. The Bertz CT molecular complexity index is 430. The van der Waals surface area contributed by atoms with Crippen molar-refractivity contribution >= 4 is 22.2 Å². The molecule has 0 amide bonds. The second-order valence-corrected chi connectivity index (χ2v) is 9.20. The van der Waals surface area contributed by atoms with Crippen LogP contribution in [0.2, 0.25) is 0 Å². The molecule has 10 heteroatoms. The van der Waals surface area contributed by atoms with Gasteiger partial charge in [0.2, 0.25) is 0 Å². The van der Waals surface area contributed by atoms with E-state index >= 15 is 0 Å². The monoisotopic (exact) mass is 360 g/mol. The molecule has 0 radical (unpaired) electrons. The van der Waals surface area contributed by atoms with Crippen LogP contribution in [0.4, 0.5) is 0 Å². The predicted octanol–water partition coefficient (Wildman–Crippen LogP) is 2.79. The molecule has 0 spiro atoms. The van der Waals surface area contributed by atoms with E-state index in [2.05, 4.69) is 9.37 Å². The maximum atomic E-state index is 11.0. The standard InChI is InChI=1S/C12H24O8S2/c1-11(2,21-20-19-13)5-7-17-9-10-18-8-6-12(3,4)22(14,15)16/h9-10,13H,5-8H2,1-4H3,(H,14,15,16)/b10-9+. The first-order chi connectivity index (χ1) is 10.0. The van der Waals surface area contributed by atoms with Crippen molar-refractivity contribution < 1.29 is 37.1 Å². The topological polar surface area (TPSA) is 112 Å². The molecule has 0 bridgehead atoms. The first kappa shape index (κ1) is 21.5. The van der Waals surface area contributed by atoms with E-state index in [4.69, 9.17) is 19.3 Å². The smallest absolute Gasteiger partial charge is 0.270 e. The summed E-state index contributed by atoms with van der Waals surface area (Å²) in [5.41, 5.74) is 0. The summed E-state index contributed by atoms with van der Waals surface area (Å²) in [4.78, 5) is 0. The van der Waals surface area contributed by atoms with Crippen molar-refractivity contribution in [1.29, 1.82) is 0 Å². The summed E-state index contributed by atoms with van der Waals surface area (Å²) in [7, 11) is -4.11. The van der Waals surface area contributed by atoms with Gasteiger partial charge in [0.1, 0.15) is 12.5 Å². The summed E-state index contributed by atoms with van der Waals surface area (Å²) in [6.07, 6.45) is 3.44. The van der Waals surface area contributed by atoms with Crippen molar-refractivity contribution in [3.05, 3.63) is 12.5 Å². The zero-order chi connectivity index (χ0) is 17.3. The average molecular weight is 360 g/mol. The van der Waals surface area contributed by atoms with Gasteiger partial charge in [-0.3, -0.25) is 4.55 Å². The van der Waals surface area contributed by atoms with E-state index in [-0.39, 0.29) is 17.8 Å². The van der Waals surface area contributed by atoms with Crippen molar-refractivity contribution in [3.8, 4) is 0 Å². The van der Waals surface area contributed by atoms with Crippen LogP contribution in [0.1, 0.15) is 40.5 Å². The molecule has 0 aliphatic carbocycles. The maximum Gasteiger partial charge on any atom is 0.270 e. The van der Waals surface area contributed by atoms with Crippen LogP contribution in [0, 0.1) is 0 Å². The molecule has 0 aromatic carbocycles. The van der Waals surface area contributed by atoms with Crippen molar-refractivity contribution in [1.82, 2.24) is 0 Å². The number of ether oxygens (including phenoxy) is 2. The largest absolute Gasteiger partial charge is 0.498 e. The third kappa shape index (κ3) is 9.49. The molecule has 0 aromatic rings. The molecule has 8 nitrogen and oxygen atoms in total. The minimum atomic E-state index is -4.11. The fourth-order valence-electron chi connectivity index (χ4n) is 1.10. The van der Waals surface area contributed by atoms with Crippen molar-refractivity contribution in [2.45, 2.75) is 50.0 Å². The van der Waals surface area contributed by atoms with Gasteiger partial charge in [-0.05, 0) is 34.1 Å². The second-order valence-electron chi connectivity index (χ2n) is 5.73. The SMILES string of the molecule is CC(C)(CCO/C=C/OCCC(C)(C)S(=O)(=O)O)SOOO. The van der Waals surface area contributed by atoms with Gasteiger partial charge in [-0.1, -0.05) is 5.04 Å². The minimum Gasteiger partial charge on any atom is -0.498 e. The first-order valence-electron chi connectivity index (χ1n) is 6.53. The molecular formula is C12H24O8S2. The third-order valence-corrected chi connectivity index (χ3v) is 5.27. The Hall–Kier alpha value is -0.520. The van der Waals surface area contributed by atoms with Crippen LogP contribution in [-0.2, 0) is 29.0 Å². The van der Waals surface area contributed by atoms with Crippen LogP contribution in [-0.4, -0.2) is 40.9 Å². The van der Waals surface area contributed by atoms with Gasteiger partial charge in [0, 0.05) is 23.2 Å². The van der Waals surface area contributed by atoms with Gasteiger partial charge in [-0.25, -0.2) is 5.26 Å². The first-order valence-corrected chi connectivity index (χ1v) is 8.71. The summed E-state index contributed by atoms with van der Waals surface area (Å²) >= 11 is 0.968. The Morgan fingerprint density at radius 2 is 1.55 bits per heavy atom. The highest BCUT2D eigenvalue weighted by Gasteiger charge is 2.32. The molecule has 0 fully saturated rings. The van der Waals surface area contributed by atoms with Crippen LogP contribution >= 0.6 is 12.0 Å². The summed E-state index contributed by atoms with van der Waals surface area (Å²) in [6, 6.07) is 0. The Labute approximate surface area is 135 Å². The molecule has 2 N–H and O–H groups in total. The van der Waals surface area contributed by atoms with Gasteiger partial charge in [0.25, 0.3) is 10.1 Å². The Kier molecular flexibility index (Phi) is 9.35. The molecule has 22 heavy (non-hydrogen) atoms. The molecule has 0 aliphatic rings. The number of hydrogen-bond donors (Lipinski definition) is 2. The molecule has 0 aliphatic heterocycles. The van der Waals surface area contributed by atoms with Crippen molar-refractivity contribution in [3.63, 3.8) is 0 Å². The summed E-state index contributed by atoms with van der Waals surface area (Å²) in [5.74, 6) is 0. The number of hydrogen-bond acceptors (Lipinski definition) is 8. The Balaban J connectivity index is 3.81. The highest BCUT2D eigenvalue weighted by Crippen LogP contribution is 2.28. The number of rotatable bonds is 12. The molecule has 0 heterocycles. The predicted molar refractivity (Wildman–Crippen MR) is 82.4 cm³/mol. The normalized spacial score (nSPS) is 13.5. The van der Waals surface area contributed by atoms with Crippen LogP contribution in [0.25, 0.3) is 0 Å². The van der Waals surface area contributed by atoms with E-state index < -0.39 is 14.9 Å². The molecule has 0 rings (SSSR count). The van der Waals surface area contributed by atoms with Crippen LogP contribution in [0.3, 0.4) is 0 Å². The lowest BCUT2D eigenvalue weighted by Gasteiger charge is -2.20. The zero-order valence-corrected chi connectivity index (χ0v) is 14.8. The molecule has 0 saturated heterocycles. The van der Waals surface area contributed by atoms with Gasteiger partial charge in [-0.15, -0.1) is 4.33 Å². The van der Waals surface area contributed by atoms with Crippen LogP contribution < -0.4 is 0 Å². The second kappa shape index (κ2) is 9.58. The van der Waals surface area contributed by atoms with E-state index in [1.807, 2.05) is 13.8 Å². The van der Waals surface area contributed by atoms with Gasteiger partial charge < -0.3 is 9.47 Å². The summed E-state index contributed by atoms with van der Waals surface area (Å²) < 4.78 is 44.2. The molecule has 0 atom stereocenters. The molecule has 132 valence electrons. The highest BCUT2D eigenvalue weighted by atomic mass is 32.2. The Morgan fingerprint density at radius 1 is 1.05 bits per heavy atom. The molecular weight excluding hydrogens is 336 g/mol. The third-order valence-electron chi connectivity index (χ3n) is 2.88. The van der Waals surface area contributed by atoms with E-state index in [1.54, 1.807) is 0 Å². The Morgan fingerprint density at radius 3 is 2.00 bits per heavy atom. The van der Waals surface area contributed by atoms with E-state index in [9.17, 15) is 8.42 Å². The van der Waals surface area contributed by atoms with Crippen LogP contribution in [0.5, 0.6) is 0 Å². The van der Waals surface area contributed by atoms with E-state index in [0.717, 1.165) is 12.0 Å². The summed E-state index contributed by atoms with van der Waals surface area (Å²) in [5, 5.41) is 11.6. The lowest BCUT2D eigenvalue weighted by molar-refractivity contribution is -0.432. The maximum absolute atomic E-state index is 11.0. The van der Waals surface area contributed by atoms with Crippen LogP contribution in [0.15, 0.2) is 12.5 Å². The fourth-order valence-corrected chi connectivity index (χ4v) is 1.82. The van der Waals surface area contributed by atoms with Gasteiger partial charge in [0.05, 0.1) is 18.0 Å². The summed E-state index contributed by atoms with van der Waals surface area (Å²) in [6.45, 7) is 7.14. The van der Waals surface area contributed by atoms with Crippen molar-refractivity contribution in [2.24, 2.45) is 0 Å². The average Bonchev–Trinajstić information content (AvgIpc) is 2.38. The van der Waals surface area contributed by atoms with E-state index in [0.29, 0.717) is 13.0 Å². The highest BCUT2D eigenvalue weighted by molar-refractivity contribution is 7.95. The van der Waals surface area contributed by atoms with E-state index in [1.165, 1.54) is 26.4 Å². The lowest BCUT2D eigenvalue weighted by atomic mass is 10.1. The minimum absolute atomic E-state index is 0.135. The molecule has 0 unspecified atom stereocenters.